The van der Waals surface area contributed by atoms with E-state index in [1.54, 1.807) is 36.4 Å². The van der Waals surface area contributed by atoms with Gasteiger partial charge in [-0.15, -0.1) is 0 Å². The average Bonchev–Trinajstić information content (AvgIpc) is 2.56. The lowest BCUT2D eigenvalue weighted by molar-refractivity contribution is -0.180. The maximum atomic E-state index is 11.8. The number of aromatic hydroxyl groups is 1. The van der Waals surface area contributed by atoms with E-state index in [1.165, 1.54) is 20.5 Å². The van der Waals surface area contributed by atoms with E-state index in [2.05, 4.69) is 0 Å². The molecular formula is C17H16O6. The van der Waals surface area contributed by atoms with Gasteiger partial charge in [0.15, 0.2) is 0 Å². The lowest BCUT2D eigenvalue weighted by atomic mass is 9.99. The Morgan fingerprint density at radius 2 is 2.09 bits per heavy atom. The monoisotopic (exact) mass is 316 g/mol. The lowest BCUT2D eigenvalue weighted by Gasteiger charge is -2.26. The van der Waals surface area contributed by atoms with Crippen LogP contribution in [0.4, 0.5) is 0 Å². The molecule has 1 aromatic carbocycles. The van der Waals surface area contributed by atoms with Gasteiger partial charge in [-0.1, -0.05) is 18.2 Å². The molecule has 0 bridgehead atoms. The number of carbonyl (C=O) groups is 1. The van der Waals surface area contributed by atoms with Crippen molar-refractivity contribution >= 4 is 17.8 Å². The summed E-state index contributed by atoms with van der Waals surface area (Å²) in [4.78, 5) is 11.8. The fraction of sp³-hybridized carbons (Fsp3) is 0.235. The van der Waals surface area contributed by atoms with Gasteiger partial charge in [-0.25, -0.2) is 4.79 Å². The molecule has 23 heavy (non-hydrogen) atoms. The summed E-state index contributed by atoms with van der Waals surface area (Å²) in [6.45, 7) is 0. The summed E-state index contributed by atoms with van der Waals surface area (Å²) in [5.74, 6) is 0.0383. The van der Waals surface area contributed by atoms with Crippen LogP contribution in [0.15, 0.2) is 42.2 Å². The number of ether oxygens (including phenoxy) is 4. The highest BCUT2D eigenvalue weighted by molar-refractivity contribution is 5.75. The van der Waals surface area contributed by atoms with Crippen molar-refractivity contribution in [2.45, 2.75) is 12.4 Å². The van der Waals surface area contributed by atoms with Gasteiger partial charge in [0.25, 0.3) is 6.29 Å². The first-order chi connectivity index (χ1) is 11.1. The molecule has 1 aliphatic carbocycles. The Kier molecular flexibility index (Phi) is 4.08. The summed E-state index contributed by atoms with van der Waals surface area (Å²) in [7, 11) is 2.80. The Morgan fingerprint density at radius 1 is 1.26 bits per heavy atom. The highest BCUT2D eigenvalue weighted by Crippen LogP contribution is 2.23. The molecular weight excluding hydrogens is 300 g/mol. The second-order valence-corrected chi connectivity index (χ2v) is 4.97. The number of rotatable bonds is 2. The van der Waals surface area contributed by atoms with Crippen molar-refractivity contribution in [3.8, 4) is 5.75 Å². The summed E-state index contributed by atoms with van der Waals surface area (Å²) in [6, 6.07) is 5.06. The van der Waals surface area contributed by atoms with Crippen molar-refractivity contribution < 1.29 is 28.8 Å². The van der Waals surface area contributed by atoms with Crippen LogP contribution >= 0.6 is 0 Å². The number of fused-ring (bicyclic) bond motifs is 2. The number of carbonyl (C=O) groups excluding carboxylic acids is 1. The van der Waals surface area contributed by atoms with Gasteiger partial charge in [-0.2, -0.15) is 0 Å². The minimum atomic E-state index is -1.21. The quantitative estimate of drug-likeness (QED) is 0.791. The van der Waals surface area contributed by atoms with E-state index < -0.39 is 18.4 Å². The number of hydrogen-bond acceptors (Lipinski definition) is 6. The second-order valence-electron chi connectivity index (χ2n) is 4.97. The van der Waals surface area contributed by atoms with E-state index in [0.29, 0.717) is 21.8 Å². The van der Waals surface area contributed by atoms with Crippen LogP contribution in [-0.4, -0.2) is 37.7 Å². The van der Waals surface area contributed by atoms with E-state index >= 15 is 0 Å². The normalized spacial score (nSPS) is 24.7. The largest absolute Gasteiger partial charge is 0.507 e. The summed E-state index contributed by atoms with van der Waals surface area (Å²) >= 11 is 0. The number of hydrogen-bond donors (Lipinski definition) is 1. The van der Waals surface area contributed by atoms with Gasteiger partial charge in [-0.05, 0) is 23.8 Å². The predicted octanol–water partition coefficient (Wildman–Crippen LogP) is 0.295. The minimum Gasteiger partial charge on any atom is -0.507 e. The Balaban J connectivity index is 2.22. The van der Waals surface area contributed by atoms with Gasteiger partial charge < -0.3 is 24.1 Å². The van der Waals surface area contributed by atoms with Crippen LogP contribution in [0, 0.1) is 0 Å². The Hall–Kier alpha value is -2.73. The van der Waals surface area contributed by atoms with Crippen LogP contribution in [0.3, 0.4) is 0 Å². The zero-order chi connectivity index (χ0) is 16.4. The third-order valence-corrected chi connectivity index (χ3v) is 3.63. The van der Waals surface area contributed by atoms with Gasteiger partial charge in [0.1, 0.15) is 17.6 Å². The molecule has 2 unspecified atom stereocenters. The fourth-order valence-corrected chi connectivity index (χ4v) is 2.51. The maximum absolute atomic E-state index is 11.8. The van der Waals surface area contributed by atoms with Crippen LogP contribution in [0.5, 0.6) is 5.75 Å². The standard InChI is InChI=1S/C17H16O6/c1-20-11-6-7-12-14(8-11)23-17(16(19)21-2)22-9-10-4-3-5-13(18)15(10)12/h3-9,14,17-18H,1-2H3/b10-9?,15-12+. The van der Waals surface area contributed by atoms with Crippen LogP contribution in [0.25, 0.3) is 11.8 Å². The van der Waals surface area contributed by atoms with E-state index in [1.807, 2.05) is 0 Å². The lowest BCUT2D eigenvalue weighted by Crippen LogP contribution is -2.39. The molecule has 0 saturated carbocycles. The summed E-state index contributed by atoms with van der Waals surface area (Å²) < 4.78 is 21.0. The first-order valence-corrected chi connectivity index (χ1v) is 6.99. The van der Waals surface area contributed by atoms with E-state index in [-0.39, 0.29) is 5.75 Å². The third kappa shape index (κ3) is 2.80. The molecule has 0 saturated heterocycles. The van der Waals surface area contributed by atoms with Crippen LogP contribution in [0.2, 0.25) is 0 Å². The highest BCUT2D eigenvalue weighted by atomic mass is 16.7. The van der Waals surface area contributed by atoms with Gasteiger partial charge in [0.2, 0.25) is 0 Å². The Morgan fingerprint density at radius 3 is 2.83 bits per heavy atom. The van der Waals surface area contributed by atoms with E-state index in [4.69, 9.17) is 18.9 Å². The van der Waals surface area contributed by atoms with E-state index in [0.717, 1.165) is 0 Å². The number of allylic oxidation sites excluding steroid dienone is 1. The molecule has 120 valence electrons. The summed E-state index contributed by atoms with van der Waals surface area (Å²) in [6.07, 6.45) is 4.80. The molecule has 0 radical (unpaired) electrons. The molecule has 0 fully saturated rings. The molecule has 2 atom stereocenters. The number of phenolic OH excluding ortho intramolecular Hbond substituents is 1. The number of phenols is 1. The highest BCUT2D eigenvalue weighted by Gasteiger charge is 2.29. The van der Waals surface area contributed by atoms with Gasteiger partial charge in [0, 0.05) is 10.4 Å². The van der Waals surface area contributed by atoms with E-state index in [9.17, 15) is 9.90 Å². The second kappa shape index (κ2) is 6.18. The molecule has 1 aromatic rings. The topological polar surface area (TPSA) is 74.2 Å². The average molecular weight is 316 g/mol. The molecule has 0 amide bonds. The van der Waals surface area contributed by atoms with Gasteiger partial charge in [-0.3, -0.25) is 0 Å². The number of benzene rings is 1. The Labute approximate surface area is 132 Å². The molecule has 1 heterocycles. The zero-order valence-electron chi connectivity index (χ0n) is 12.7. The molecule has 0 aromatic heterocycles. The molecule has 2 aliphatic rings. The van der Waals surface area contributed by atoms with Crippen LogP contribution < -0.4 is 10.4 Å². The van der Waals surface area contributed by atoms with Crippen molar-refractivity contribution in [3.63, 3.8) is 0 Å². The van der Waals surface area contributed by atoms with Crippen molar-refractivity contribution in [1.29, 1.82) is 0 Å². The fourth-order valence-electron chi connectivity index (χ4n) is 2.51. The maximum Gasteiger partial charge on any atom is 0.376 e. The smallest absolute Gasteiger partial charge is 0.376 e. The zero-order valence-corrected chi connectivity index (χ0v) is 12.7. The SMILES string of the molecule is COC(=O)C1OC=c2cccc(O)/c2=C2\C=CC(OC)=CC2O1. The van der Waals surface area contributed by atoms with Crippen LogP contribution in [0.1, 0.15) is 0 Å². The molecule has 1 aliphatic heterocycles. The van der Waals surface area contributed by atoms with Crippen molar-refractivity contribution in [3.05, 3.63) is 52.6 Å². The summed E-state index contributed by atoms with van der Waals surface area (Å²) in [5.41, 5.74) is 0.701. The van der Waals surface area contributed by atoms with Crippen molar-refractivity contribution in [2.24, 2.45) is 0 Å². The summed E-state index contributed by atoms with van der Waals surface area (Å²) in [5, 5.41) is 11.5. The number of esters is 1. The first kappa shape index (κ1) is 15.2. The molecule has 1 N–H and O–H groups in total. The first-order valence-electron chi connectivity index (χ1n) is 6.99. The number of methoxy groups -OCH3 is 2. The molecule has 3 rings (SSSR count). The van der Waals surface area contributed by atoms with Crippen molar-refractivity contribution in [2.75, 3.05) is 14.2 Å². The van der Waals surface area contributed by atoms with Crippen molar-refractivity contribution in [1.82, 2.24) is 0 Å². The molecule has 6 heteroatoms. The Bertz CT molecular complexity index is 805. The van der Waals surface area contributed by atoms with Gasteiger partial charge >= 0.3 is 5.97 Å². The van der Waals surface area contributed by atoms with Crippen LogP contribution in [-0.2, 0) is 23.7 Å². The minimum absolute atomic E-state index is 0.0985. The van der Waals surface area contributed by atoms with Gasteiger partial charge in [0.05, 0.1) is 20.5 Å². The third-order valence-electron chi connectivity index (χ3n) is 3.63. The predicted molar refractivity (Wildman–Crippen MR) is 81.2 cm³/mol. The molecule has 6 nitrogen and oxygen atoms in total. The molecule has 0 spiro atoms.